The third kappa shape index (κ3) is 3.00. The Balaban J connectivity index is 2.02. The van der Waals surface area contributed by atoms with Crippen molar-refractivity contribution in [3.8, 4) is 0 Å². The zero-order chi connectivity index (χ0) is 12.6. The van der Waals surface area contributed by atoms with E-state index < -0.39 is 11.7 Å². The molecule has 0 amide bonds. The normalized spacial score (nSPS) is 25.7. The van der Waals surface area contributed by atoms with Gasteiger partial charge in [0.25, 0.3) is 0 Å². The maximum Gasteiger partial charge on any atom is 0.416 e. The Morgan fingerprint density at radius 1 is 1.24 bits per heavy atom. The van der Waals surface area contributed by atoms with Gasteiger partial charge >= 0.3 is 6.18 Å². The van der Waals surface area contributed by atoms with Gasteiger partial charge in [0.15, 0.2) is 0 Å². The molecule has 1 nitrogen and oxygen atoms in total. The topological polar surface area (TPSA) is 12.0 Å². The Hall–Kier alpha value is -1.03. The highest BCUT2D eigenvalue weighted by atomic mass is 19.4. The minimum atomic E-state index is -4.25. The van der Waals surface area contributed by atoms with Crippen molar-refractivity contribution >= 4 is 0 Å². The van der Waals surface area contributed by atoms with Gasteiger partial charge in [0.05, 0.1) is 5.56 Å². The third-order valence-electron chi connectivity index (χ3n) is 3.31. The second-order valence-corrected chi connectivity index (χ2v) is 4.83. The lowest BCUT2D eigenvalue weighted by molar-refractivity contribution is -0.137. The minimum absolute atomic E-state index is 0.104. The fourth-order valence-electron chi connectivity index (χ4n) is 1.93. The molecule has 3 unspecified atom stereocenters. The maximum atomic E-state index is 12.4. The molecule has 0 aliphatic heterocycles. The van der Waals surface area contributed by atoms with E-state index >= 15 is 0 Å². The van der Waals surface area contributed by atoms with E-state index in [0.29, 0.717) is 12.0 Å². The van der Waals surface area contributed by atoms with Crippen LogP contribution in [0.1, 0.15) is 37.4 Å². The Morgan fingerprint density at radius 2 is 1.76 bits per heavy atom. The summed E-state index contributed by atoms with van der Waals surface area (Å²) in [7, 11) is 0. The molecule has 1 aromatic carbocycles. The summed E-state index contributed by atoms with van der Waals surface area (Å²) in [5.41, 5.74) is 0.310. The zero-order valence-electron chi connectivity index (χ0n) is 9.88. The molecule has 1 saturated carbocycles. The lowest BCUT2D eigenvalue weighted by Gasteiger charge is -2.15. The highest BCUT2D eigenvalue weighted by molar-refractivity contribution is 5.26. The van der Waals surface area contributed by atoms with Crippen molar-refractivity contribution in [2.24, 2.45) is 5.92 Å². The highest BCUT2D eigenvalue weighted by Crippen LogP contribution is 2.33. The van der Waals surface area contributed by atoms with Crippen molar-refractivity contribution < 1.29 is 13.2 Å². The van der Waals surface area contributed by atoms with Crippen molar-refractivity contribution in [1.82, 2.24) is 5.32 Å². The van der Waals surface area contributed by atoms with Crippen molar-refractivity contribution in [2.45, 2.75) is 38.5 Å². The predicted molar refractivity (Wildman–Crippen MR) is 60.6 cm³/mol. The Kier molecular flexibility index (Phi) is 3.17. The molecule has 4 heteroatoms. The van der Waals surface area contributed by atoms with E-state index in [-0.39, 0.29) is 6.04 Å². The van der Waals surface area contributed by atoms with E-state index in [4.69, 9.17) is 0 Å². The zero-order valence-corrected chi connectivity index (χ0v) is 9.88. The number of hydrogen-bond donors (Lipinski definition) is 1. The molecule has 1 aromatic rings. The Labute approximate surface area is 99.0 Å². The SMILES string of the molecule is CC(NC1CC1C)c1ccc(C(F)(F)F)cc1. The molecule has 17 heavy (non-hydrogen) atoms. The summed E-state index contributed by atoms with van der Waals surface area (Å²) in [5.74, 6) is 0.687. The molecule has 2 rings (SSSR count). The van der Waals surface area contributed by atoms with Gasteiger partial charge < -0.3 is 5.32 Å². The second kappa shape index (κ2) is 4.33. The molecule has 0 aromatic heterocycles. The fourth-order valence-corrected chi connectivity index (χ4v) is 1.93. The summed E-state index contributed by atoms with van der Waals surface area (Å²) in [6.07, 6.45) is -3.09. The van der Waals surface area contributed by atoms with Gasteiger partial charge in [-0.25, -0.2) is 0 Å². The molecule has 1 fully saturated rings. The van der Waals surface area contributed by atoms with Crippen molar-refractivity contribution in [1.29, 1.82) is 0 Å². The van der Waals surface area contributed by atoms with Crippen LogP contribution < -0.4 is 5.32 Å². The van der Waals surface area contributed by atoms with Crippen LogP contribution in [0.4, 0.5) is 13.2 Å². The number of nitrogens with one attached hydrogen (secondary N) is 1. The van der Waals surface area contributed by atoms with Gasteiger partial charge in [0, 0.05) is 12.1 Å². The number of hydrogen-bond acceptors (Lipinski definition) is 1. The number of halogens is 3. The second-order valence-electron chi connectivity index (χ2n) is 4.83. The number of benzene rings is 1. The summed E-state index contributed by atoms with van der Waals surface area (Å²) in [5, 5.41) is 3.40. The maximum absolute atomic E-state index is 12.4. The molecular weight excluding hydrogens is 227 g/mol. The molecular formula is C13H16F3N. The van der Waals surface area contributed by atoms with Gasteiger partial charge in [-0.05, 0) is 37.0 Å². The first-order valence-corrected chi connectivity index (χ1v) is 5.81. The van der Waals surface area contributed by atoms with Gasteiger partial charge in [-0.2, -0.15) is 13.2 Å². The lowest BCUT2D eigenvalue weighted by Crippen LogP contribution is -2.22. The molecule has 1 aliphatic rings. The van der Waals surface area contributed by atoms with Crippen molar-refractivity contribution in [3.63, 3.8) is 0 Å². The first-order valence-electron chi connectivity index (χ1n) is 5.81. The van der Waals surface area contributed by atoms with E-state index in [1.165, 1.54) is 0 Å². The standard InChI is InChI=1S/C13H16F3N/c1-8-7-12(8)17-9(2)10-3-5-11(6-4-10)13(14,15)16/h3-6,8-9,12,17H,7H2,1-2H3. The van der Waals surface area contributed by atoms with Crippen molar-refractivity contribution in [2.75, 3.05) is 0 Å². The van der Waals surface area contributed by atoms with Crippen LogP contribution in [-0.2, 0) is 6.18 Å². The van der Waals surface area contributed by atoms with E-state index in [1.807, 2.05) is 6.92 Å². The summed E-state index contributed by atoms with van der Waals surface area (Å²) in [6, 6.07) is 6.01. The fraction of sp³-hybridized carbons (Fsp3) is 0.538. The van der Waals surface area contributed by atoms with Crippen LogP contribution in [0.15, 0.2) is 24.3 Å². The third-order valence-corrected chi connectivity index (χ3v) is 3.31. The summed E-state index contributed by atoms with van der Waals surface area (Å²) >= 11 is 0. The van der Waals surface area contributed by atoms with Crippen LogP contribution in [0.25, 0.3) is 0 Å². The average molecular weight is 243 g/mol. The van der Waals surface area contributed by atoms with Crippen LogP contribution in [0.2, 0.25) is 0 Å². The molecule has 0 saturated heterocycles. The molecule has 1 N–H and O–H groups in total. The van der Waals surface area contributed by atoms with Gasteiger partial charge in [-0.3, -0.25) is 0 Å². The monoisotopic (exact) mass is 243 g/mol. The largest absolute Gasteiger partial charge is 0.416 e. The Bertz CT molecular complexity index is 383. The Morgan fingerprint density at radius 3 is 2.18 bits per heavy atom. The average Bonchev–Trinajstić information content (AvgIpc) is 2.93. The van der Waals surface area contributed by atoms with Crippen LogP contribution in [0.5, 0.6) is 0 Å². The van der Waals surface area contributed by atoms with Crippen LogP contribution in [0.3, 0.4) is 0 Å². The summed E-state index contributed by atoms with van der Waals surface area (Å²) in [4.78, 5) is 0. The highest BCUT2D eigenvalue weighted by Gasteiger charge is 2.34. The van der Waals surface area contributed by atoms with Gasteiger partial charge in [-0.1, -0.05) is 19.1 Å². The number of rotatable bonds is 3. The van der Waals surface area contributed by atoms with Crippen LogP contribution >= 0.6 is 0 Å². The molecule has 0 bridgehead atoms. The molecule has 3 atom stereocenters. The lowest BCUT2D eigenvalue weighted by atomic mass is 10.1. The first-order chi connectivity index (χ1) is 7.88. The molecule has 0 spiro atoms. The molecule has 0 radical (unpaired) electrons. The quantitative estimate of drug-likeness (QED) is 0.852. The predicted octanol–water partition coefficient (Wildman–Crippen LogP) is 3.76. The van der Waals surface area contributed by atoms with E-state index in [2.05, 4.69) is 12.2 Å². The molecule has 94 valence electrons. The van der Waals surface area contributed by atoms with Gasteiger partial charge in [0.2, 0.25) is 0 Å². The van der Waals surface area contributed by atoms with Crippen LogP contribution in [0, 0.1) is 5.92 Å². The van der Waals surface area contributed by atoms with E-state index in [0.717, 1.165) is 24.1 Å². The molecule has 0 heterocycles. The van der Waals surface area contributed by atoms with Crippen molar-refractivity contribution in [3.05, 3.63) is 35.4 Å². The van der Waals surface area contributed by atoms with E-state index in [1.54, 1.807) is 12.1 Å². The van der Waals surface area contributed by atoms with Crippen LogP contribution in [-0.4, -0.2) is 6.04 Å². The number of alkyl halides is 3. The smallest absolute Gasteiger partial charge is 0.307 e. The first kappa shape index (κ1) is 12.4. The van der Waals surface area contributed by atoms with Gasteiger partial charge in [0.1, 0.15) is 0 Å². The summed E-state index contributed by atoms with van der Waals surface area (Å²) in [6.45, 7) is 4.14. The summed E-state index contributed by atoms with van der Waals surface area (Å²) < 4.78 is 37.1. The van der Waals surface area contributed by atoms with E-state index in [9.17, 15) is 13.2 Å². The molecule has 1 aliphatic carbocycles. The minimum Gasteiger partial charge on any atom is -0.307 e. The van der Waals surface area contributed by atoms with Gasteiger partial charge in [-0.15, -0.1) is 0 Å².